The minimum Gasteiger partial charge on any atom is -0.308 e. The van der Waals surface area contributed by atoms with Crippen molar-refractivity contribution in [3.05, 3.63) is 43.2 Å². The predicted molar refractivity (Wildman–Crippen MR) is 39.7 cm³/mol. The second-order valence-electron chi connectivity index (χ2n) is 2.19. The predicted octanol–water partition coefficient (Wildman–Crippen LogP) is 1.52. The third kappa shape index (κ3) is 0.620. The molecule has 0 unspecified atom stereocenters. The van der Waals surface area contributed by atoms with E-state index in [1.165, 1.54) is 0 Å². The highest BCUT2D eigenvalue weighted by atomic mass is 15.0. The maximum atomic E-state index is 4.14. The maximum Gasteiger partial charge on any atom is 0.139 e. The molecule has 0 aromatic carbocycles. The summed E-state index contributed by atoms with van der Waals surface area (Å²) in [5.74, 6) is 0. The minimum absolute atomic E-state index is 0.933. The number of aromatic nitrogens is 2. The fourth-order valence-electron chi connectivity index (χ4n) is 0.996. The molecule has 0 amide bonds. The molecular weight excluding hydrogens is 124 g/mol. The zero-order valence-electron chi connectivity index (χ0n) is 5.49. The summed E-state index contributed by atoms with van der Waals surface area (Å²) in [6, 6.07) is 3.84. The molecule has 0 aliphatic rings. The van der Waals surface area contributed by atoms with Gasteiger partial charge in [0.1, 0.15) is 5.65 Å². The van der Waals surface area contributed by atoms with Crippen LogP contribution in [0.3, 0.4) is 0 Å². The molecule has 0 atom stereocenters. The Labute approximate surface area is 59.1 Å². The van der Waals surface area contributed by atoms with E-state index < -0.39 is 0 Å². The molecule has 2 nitrogen and oxygen atoms in total. The van der Waals surface area contributed by atoms with Gasteiger partial charge in [-0.1, -0.05) is 0 Å². The van der Waals surface area contributed by atoms with Crippen molar-refractivity contribution in [2.45, 2.75) is 0 Å². The lowest BCUT2D eigenvalue weighted by molar-refractivity contribution is 1.13. The Hall–Kier alpha value is -1.31. The Kier molecular flexibility index (Phi) is 1.01. The van der Waals surface area contributed by atoms with E-state index in [1.54, 1.807) is 6.20 Å². The van der Waals surface area contributed by atoms with Crippen LogP contribution in [0.1, 0.15) is 5.56 Å². The van der Waals surface area contributed by atoms with Gasteiger partial charge in [-0.25, -0.2) is 4.98 Å². The van der Waals surface area contributed by atoms with Crippen molar-refractivity contribution in [1.82, 2.24) is 9.38 Å². The molecule has 0 spiro atoms. The van der Waals surface area contributed by atoms with E-state index in [2.05, 4.69) is 11.9 Å². The molecule has 49 valence electrons. The van der Waals surface area contributed by atoms with Crippen LogP contribution in [-0.4, -0.2) is 9.38 Å². The number of fused-ring (bicyclic) bond motifs is 1. The molecule has 2 rings (SSSR count). The van der Waals surface area contributed by atoms with Gasteiger partial charge in [-0.3, -0.25) is 0 Å². The molecule has 0 bridgehead atoms. The Morgan fingerprint density at radius 3 is 3.10 bits per heavy atom. The standard InChI is InChI=1S/C8H7N2/c1-7-3-6-10-5-2-4-9-8(7)10/h2-6H,1H2. The molecule has 2 heteroatoms. The van der Waals surface area contributed by atoms with Gasteiger partial charge >= 0.3 is 0 Å². The molecular formula is C8H7N2. The first kappa shape index (κ1) is 5.47. The SMILES string of the molecule is [CH2]c1ccn2cccnc12. The summed E-state index contributed by atoms with van der Waals surface area (Å²) < 4.78 is 1.95. The lowest BCUT2D eigenvalue weighted by Crippen LogP contribution is -1.83. The van der Waals surface area contributed by atoms with Gasteiger partial charge in [-0.2, -0.15) is 0 Å². The normalized spacial score (nSPS) is 10.5. The molecule has 1 radical (unpaired) electrons. The van der Waals surface area contributed by atoms with Crippen LogP contribution >= 0.6 is 0 Å². The maximum absolute atomic E-state index is 4.14. The Balaban J connectivity index is 2.93. The highest BCUT2D eigenvalue weighted by Crippen LogP contribution is 2.05. The van der Waals surface area contributed by atoms with Crippen molar-refractivity contribution < 1.29 is 0 Å². The van der Waals surface area contributed by atoms with E-state index in [9.17, 15) is 0 Å². The fraction of sp³-hybridized carbons (Fsp3) is 0. The van der Waals surface area contributed by atoms with E-state index in [4.69, 9.17) is 0 Å². The van der Waals surface area contributed by atoms with Gasteiger partial charge in [-0.15, -0.1) is 0 Å². The van der Waals surface area contributed by atoms with E-state index in [1.807, 2.05) is 28.9 Å². The largest absolute Gasteiger partial charge is 0.308 e. The van der Waals surface area contributed by atoms with Crippen LogP contribution in [0.2, 0.25) is 0 Å². The third-order valence-electron chi connectivity index (χ3n) is 1.50. The fourth-order valence-corrected chi connectivity index (χ4v) is 0.996. The van der Waals surface area contributed by atoms with Crippen molar-refractivity contribution in [1.29, 1.82) is 0 Å². The van der Waals surface area contributed by atoms with Gasteiger partial charge in [0.25, 0.3) is 0 Å². The van der Waals surface area contributed by atoms with E-state index in [0.29, 0.717) is 0 Å². The van der Waals surface area contributed by atoms with Gasteiger partial charge < -0.3 is 4.40 Å². The zero-order chi connectivity index (χ0) is 6.97. The molecule has 0 fully saturated rings. The van der Waals surface area contributed by atoms with Crippen molar-refractivity contribution in [2.75, 3.05) is 0 Å². The van der Waals surface area contributed by atoms with Crippen LogP contribution in [0.25, 0.3) is 5.65 Å². The van der Waals surface area contributed by atoms with Crippen molar-refractivity contribution in [2.24, 2.45) is 0 Å². The van der Waals surface area contributed by atoms with Crippen molar-refractivity contribution in [3.8, 4) is 0 Å². The molecule has 0 aliphatic carbocycles. The molecule has 0 saturated heterocycles. The first-order chi connectivity index (χ1) is 4.88. The topological polar surface area (TPSA) is 17.3 Å². The Bertz CT molecular complexity index is 349. The lowest BCUT2D eigenvalue weighted by Gasteiger charge is -1.90. The van der Waals surface area contributed by atoms with Gasteiger partial charge in [0.05, 0.1) is 0 Å². The molecule has 2 aromatic heterocycles. The van der Waals surface area contributed by atoms with Crippen molar-refractivity contribution in [3.63, 3.8) is 0 Å². The molecule has 0 saturated carbocycles. The Morgan fingerprint density at radius 2 is 2.30 bits per heavy atom. The number of hydrogen-bond donors (Lipinski definition) is 0. The van der Waals surface area contributed by atoms with Crippen LogP contribution in [0.5, 0.6) is 0 Å². The average molecular weight is 131 g/mol. The van der Waals surface area contributed by atoms with Gasteiger partial charge in [-0.05, 0) is 24.6 Å². The van der Waals surface area contributed by atoms with E-state index in [-0.39, 0.29) is 0 Å². The first-order valence-corrected chi connectivity index (χ1v) is 3.11. The summed E-state index contributed by atoms with van der Waals surface area (Å²) in [7, 11) is 0. The summed E-state index contributed by atoms with van der Waals surface area (Å²) in [5, 5.41) is 0. The van der Waals surface area contributed by atoms with Gasteiger partial charge in [0, 0.05) is 18.6 Å². The van der Waals surface area contributed by atoms with Crippen LogP contribution in [0, 0.1) is 6.92 Å². The van der Waals surface area contributed by atoms with E-state index >= 15 is 0 Å². The van der Waals surface area contributed by atoms with Crippen LogP contribution in [0.4, 0.5) is 0 Å². The highest BCUT2D eigenvalue weighted by Gasteiger charge is 1.94. The number of nitrogens with zero attached hydrogens (tertiary/aromatic N) is 2. The second-order valence-corrected chi connectivity index (χ2v) is 2.19. The van der Waals surface area contributed by atoms with Crippen molar-refractivity contribution >= 4 is 5.65 Å². The van der Waals surface area contributed by atoms with Crippen LogP contribution < -0.4 is 0 Å². The lowest BCUT2D eigenvalue weighted by atomic mass is 10.4. The molecule has 2 heterocycles. The quantitative estimate of drug-likeness (QED) is 0.529. The summed E-state index contributed by atoms with van der Waals surface area (Å²) >= 11 is 0. The summed E-state index contributed by atoms with van der Waals surface area (Å²) in [4.78, 5) is 4.14. The van der Waals surface area contributed by atoms with Crippen LogP contribution in [-0.2, 0) is 0 Å². The molecule has 10 heavy (non-hydrogen) atoms. The summed E-state index contributed by atoms with van der Waals surface area (Å²) in [6.45, 7) is 3.83. The van der Waals surface area contributed by atoms with E-state index in [0.717, 1.165) is 11.2 Å². The monoisotopic (exact) mass is 131 g/mol. The molecule has 0 aliphatic heterocycles. The highest BCUT2D eigenvalue weighted by molar-refractivity contribution is 5.49. The smallest absolute Gasteiger partial charge is 0.139 e. The zero-order valence-corrected chi connectivity index (χ0v) is 5.49. The first-order valence-electron chi connectivity index (χ1n) is 3.11. The minimum atomic E-state index is 0.933. The second kappa shape index (κ2) is 1.84. The Morgan fingerprint density at radius 1 is 1.40 bits per heavy atom. The van der Waals surface area contributed by atoms with Crippen LogP contribution in [0.15, 0.2) is 30.7 Å². The van der Waals surface area contributed by atoms with Gasteiger partial charge in [0.2, 0.25) is 0 Å². The third-order valence-corrected chi connectivity index (χ3v) is 1.50. The molecule has 0 N–H and O–H groups in total. The summed E-state index contributed by atoms with van der Waals surface area (Å²) in [6.07, 6.45) is 5.67. The number of hydrogen-bond acceptors (Lipinski definition) is 1. The number of rotatable bonds is 0. The molecule has 2 aromatic rings. The van der Waals surface area contributed by atoms with Gasteiger partial charge in [0.15, 0.2) is 0 Å². The summed E-state index contributed by atoms with van der Waals surface area (Å²) in [5.41, 5.74) is 1.91. The average Bonchev–Trinajstić information content (AvgIpc) is 2.34.